The molecule has 122 valence electrons. The van der Waals surface area contributed by atoms with Gasteiger partial charge in [-0.25, -0.2) is 0 Å². The van der Waals surface area contributed by atoms with Gasteiger partial charge in [0.05, 0.1) is 0 Å². The first kappa shape index (κ1) is 17.6. The van der Waals surface area contributed by atoms with E-state index in [2.05, 4.69) is 0 Å². The molecule has 11 heteroatoms. The van der Waals surface area contributed by atoms with Gasteiger partial charge in [-0.15, -0.1) is 0 Å². The first-order chi connectivity index (χ1) is 9.80. The van der Waals surface area contributed by atoms with Gasteiger partial charge in [0.2, 0.25) is 0 Å². The summed E-state index contributed by atoms with van der Waals surface area (Å²) in [5.74, 6) is 0. The number of ether oxygens (including phenoxy) is 2. The molecule has 2 aliphatic rings. The predicted octanol–water partition coefficient (Wildman–Crippen LogP) is -3.37. The fourth-order valence-corrected chi connectivity index (χ4v) is 3.81. The second kappa shape index (κ2) is 7.21. The van der Waals surface area contributed by atoms with Crippen LogP contribution in [0.1, 0.15) is 12.8 Å². The average molecular weight is 324 g/mol. The minimum absolute atomic E-state index is 0.0918. The maximum absolute atomic E-state index is 9.86. The van der Waals surface area contributed by atoms with Crippen LogP contribution in [-0.4, -0.2) is 85.3 Å². The van der Waals surface area contributed by atoms with Crippen molar-refractivity contribution in [2.45, 2.75) is 49.3 Å². The van der Waals surface area contributed by atoms with Crippen LogP contribution in [0, 0.1) is 0 Å². The average Bonchev–Trinajstić information content (AvgIpc) is 2.88. The summed E-state index contributed by atoms with van der Waals surface area (Å²) in [7, 11) is -0.718. The van der Waals surface area contributed by atoms with Crippen molar-refractivity contribution in [2.24, 2.45) is 0 Å². The molecule has 2 aliphatic heterocycles. The van der Waals surface area contributed by atoms with Crippen LogP contribution in [0.15, 0.2) is 0 Å². The number of aliphatic hydroxyl groups excluding tert-OH is 2. The van der Waals surface area contributed by atoms with Gasteiger partial charge in [0.15, 0.2) is 0 Å². The van der Waals surface area contributed by atoms with Crippen molar-refractivity contribution in [2.75, 3.05) is 13.2 Å². The monoisotopic (exact) mass is 324 g/mol. The Morgan fingerprint density at radius 3 is 2.29 bits per heavy atom. The maximum atomic E-state index is 9.86. The first-order valence-corrected chi connectivity index (χ1v) is 8.88. The van der Waals surface area contributed by atoms with Crippen molar-refractivity contribution in [3.63, 3.8) is 0 Å². The van der Waals surface area contributed by atoms with Crippen molar-refractivity contribution < 1.29 is 38.5 Å². The zero-order valence-corrected chi connectivity index (χ0v) is 13.2. The second-order valence-corrected chi connectivity index (χ2v) is 7.33. The third-order valence-corrected chi connectivity index (χ3v) is 4.87. The molecular formula is C10H23B2O8P. The number of hydrogen-bond donors (Lipinski definition) is 4. The van der Waals surface area contributed by atoms with Crippen LogP contribution in [-0.2, 0) is 18.5 Å². The Morgan fingerprint density at radius 2 is 1.71 bits per heavy atom. The molecule has 2 heterocycles. The molecule has 0 amide bonds. The second-order valence-electron chi connectivity index (χ2n) is 5.71. The summed E-state index contributed by atoms with van der Waals surface area (Å²) in [6, 6.07) is -0.219. The molecule has 6 unspecified atom stereocenters. The molecule has 2 rings (SSSR count). The third kappa shape index (κ3) is 4.86. The summed E-state index contributed by atoms with van der Waals surface area (Å²) in [4.78, 5) is 19.7. The van der Waals surface area contributed by atoms with E-state index in [0.29, 0.717) is 12.8 Å². The Labute approximate surface area is 125 Å². The van der Waals surface area contributed by atoms with Crippen LogP contribution in [0.3, 0.4) is 0 Å². The summed E-state index contributed by atoms with van der Waals surface area (Å²) in [6.45, 7) is -0.418. The zero-order chi connectivity index (χ0) is 15.6. The van der Waals surface area contributed by atoms with Crippen LogP contribution >= 0.6 is 8.17 Å². The van der Waals surface area contributed by atoms with Crippen LogP contribution in [0.4, 0.5) is 0 Å². The number of hydrogen-bond acceptors (Lipinski definition) is 8. The van der Waals surface area contributed by atoms with Gasteiger partial charge >= 0.3 is 125 Å². The van der Waals surface area contributed by atoms with Crippen LogP contribution < -0.4 is 0 Å². The Bertz CT molecular complexity index is 349. The molecule has 0 bridgehead atoms. The molecule has 0 aromatic carbocycles. The van der Waals surface area contributed by atoms with E-state index in [4.69, 9.17) is 18.5 Å². The van der Waals surface area contributed by atoms with Crippen molar-refractivity contribution in [1.82, 2.24) is 0 Å². The third-order valence-electron chi connectivity index (χ3n) is 3.72. The van der Waals surface area contributed by atoms with E-state index in [1.807, 2.05) is 15.7 Å². The minimum atomic E-state index is -4.36. The molecule has 8 nitrogen and oxygen atoms in total. The van der Waals surface area contributed by atoms with Crippen molar-refractivity contribution in [3.8, 4) is 0 Å². The summed E-state index contributed by atoms with van der Waals surface area (Å²) in [5, 5.41) is 18.9. The van der Waals surface area contributed by atoms with Gasteiger partial charge in [-0.05, 0) is 0 Å². The standard InChI is InChI=1S/C10H23B2O8P/c11-9-1-5(14)8(19-9)4-17-21(15,16)20-6-2-10(12)18-7(6)3-13/h5-10,13-16,21H,1-4,11-12H2. The Hall–Kier alpha value is 0.240. The Kier molecular flexibility index (Phi) is 6.04. The normalized spacial score (nSPS) is 41.5. The number of aliphatic hydroxyl groups is 2. The summed E-state index contributed by atoms with van der Waals surface area (Å²) in [5.41, 5.74) is 0. The van der Waals surface area contributed by atoms with Gasteiger partial charge in [-0.2, -0.15) is 0 Å². The van der Waals surface area contributed by atoms with Crippen LogP contribution in [0.25, 0.3) is 0 Å². The van der Waals surface area contributed by atoms with E-state index in [0.717, 1.165) is 0 Å². The SMILES string of the molecule is BC1CC(O)C(CO[PH](O)(O)OC2CC(B)OC2CO)O1. The topological polar surface area (TPSA) is 118 Å². The molecule has 0 spiro atoms. The van der Waals surface area contributed by atoms with Crippen molar-refractivity contribution in [1.29, 1.82) is 0 Å². The molecule has 2 fully saturated rings. The van der Waals surface area contributed by atoms with E-state index in [9.17, 15) is 20.0 Å². The Balaban J connectivity index is 1.81. The molecule has 0 aromatic rings. The fraction of sp³-hybridized carbons (Fsp3) is 1.00. The van der Waals surface area contributed by atoms with Crippen LogP contribution in [0.2, 0.25) is 0 Å². The molecular weight excluding hydrogens is 301 g/mol. The van der Waals surface area contributed by atoms with Gasteiger partial charge in [-0.1, -0.05) is 0 Å². The van der Waals surface area contributed by atoms with Gasteiger partial charge < -0.3 is 0 Å². The van der Waals surface area contributed by atoms with E-state index >= 15 is 0 Å². The van der Waals surface area contributed by atoms with E-state index in [1.165, 1.54) is 0 Å². The predicted molar refractivity (Wildman–Crippen MR) is 80.3 cm³/mol. The summed E-state index contributed by atoms with van der Waals surface area (Å²) in [6.07, 6.45) is -1.57. The quantitative estimate of drug-likeness (QED) is 0.296. The van der Waals surface area contributed by atoms with Gasteiger partial charge in [-0.3, -0.25) is 0 Å². The van der Waals surface area contributed by atoms with Crippen molar-refractivity contribution in [3.05, 3.63) is 0 Å². The summed E-state index contributed by atoms with van der Waals surface area (Å²) < 4.78 is 21.0. The summed E-state index contributed by atoms with van der Waals surface area (Å²) >= 11 is 0. The van der Waals surface area contributed by atoms with E-state index in [1.54, 1.807) is 0 Å². The Morgan fingerprint density at radius 1 is 1.10 bits per heavy atom. The molecule has 21 heavy (non-hydrogen) atoms. The van der Waals surface area contributed by atoms with Gasteiger partial charge in [0.1, 0.15) is 0 Å². The molecule has 0 aromatic heterocycles. The number of rotatable bonds is 6. The van der Waals surface area contributed by atoms with E-state index < -0.39 is 32.6 Å². The molecule has 6 atom stereocenters. The van der Waals surface area contributed by atoms with Crippen molar-refractivity contribution >= 4 is 23.9 Å². The molecule has 0 saturated carbocycles. The molecule has 2 saturated heterocycles. The zero-order valence-electron chi connectivity index (χ0n) is 12.2. The van der Waals surface area contributed by atoms with Crippen LogP contribution in [0.5, 0.6) is 0 Å². The van der Waals surface area contributed by atoms with Gasteiger partial charge in [0.25, 0.3) is 0 Å². The molecule has 0 radical (unpaired) electrons. The molecule has 4 N–H and O–H groups in total. The first-order valence-electron chi connectivity index (χ1n) is 7.17. The van der Waals surface area contributed by atoms with Gasteiger partial charge in [0, 0.05) is 0 Å². The fourth-order valence-electron chi connectivity index (χ4n) is 2.71. The molecule has 0 aliphatic carbocycles. The van der Waals surface area contributed by atoms with E-state index in [-0.39, 0.29) is 25.2 Å².